The summed E-state index contributed by atoms with van der Waals surface area (Å²) in [4.78, 5) is 28.5. The van der Waals surface area contributed by atoms with Gasteiger partial charge in [-0.15, -0.1) is 0 Å². The van der Waals surface area contributed by atoms with Crippen LogP contribution in [0.3, 0.4) is 0 Å². The van der Waals surface area contributed by atoms with E-state index in [1.54, 1.807) is 30.3 Å². The van der Waals surface area contributed by atoms with E-state index in [4.69, 9.17) is 12.2 Å². The number of anilines is 1. The van der Waals surface area contributed by atoms with E-state index in [9.17, 15) is 27.9 Å². The van der Waals surface area contributed by atoms with Gasteiger partial charge >= 0.3 is 12.3 Å². The zero-order valence-electron chi connectivity index (χ0n) is 15.9. The van der Waals surface area contributed by atoms with E-state index in [1.165, 1.54) is 12.3 Å². The fourth-order valence-electron chi connectivity index (χ4n) is 3.04. The first-order valence-electron chi connectivity index (χ1n) is 9.01. The van der Waals surface area contributed by atoms with Crippen LogP contribution >= 0.6 is 12.2 Å². The van der Waals surface area contributed by atoms with Crippen LogP contribution in [-0.4, -0.2) is 44.9 Å². The Morgan fingerprint density at radius 1 is 1.19 bits per heavy atom. The number of carboxylic acid groups (broad SMARTS) is 1. The smallest absolute Gasteiger partial charge is 0.418 e. The molecule has 1 aliphatic heterocycles. The molecule has 0 spiro atoms. The number of benzene rings is 1. The second kappa shape index (κ2) is 9.13. The van der Waals surface area contributed by atoms with E-state index in [-0.39, 0.29) is 34.9 Å². The van der Waals surface area contributed by atoms with E-state index in [1.807, 2.05) is 0 Å². The number of hydrogen-bond acceptors (Lipinski definition) is 5. The number of aromatic nitrogens is 1. The number of carbonyl (C=O) groups is 2. The molecule has 7 nitrogen and oxygen atoms in total. The number of para-hydroxylation sites is 1. The van der Waals surface area contributed by atoms with Crippen LogP contribution in [0, 0.1) is 0 Å². The number of halogens is 3. The summed E-state index contributed by atoms with van der Waals surface area (Å²) in [5.41, 5.74) is -0.250. The van der Waals surface area contributed by atoms with Crippen LogP contribution in [0.15, 0.2) is 60.1 Å². The highest BCUT2D eigenvalue weighted by Gasteiger charge is 2.34. The third kappa shape index (κ3) is 5.37. The zero-order chi connectivity index (χ0) is 22.6. The van der Waals surface area contributed by atoms with Gasteiger partial charge < -0.3 is 15.7 Å². The molecular formula is C20H17F3N4O3S. The summed E-state index contributed by atoms with van der Waals surface area (Å²) in [6, 6.07) is 9.97. The summed E-state index contributed by atoms with van der Waals surface area (Å²) in [6.45, 7) is -0.931. The number of amides is 1. The lowest BCUT2D eigenvalue weighted by Gasteiger charge is -2.29. The number of nitrogens with one attached hydrogen (secondary N) is 2. The van der Waals surface area contributed by atoms with Crippen molar-refractivity contribution in [2.75, 3.05) is 18.4 Å². The maximum Gasteiger partial charge on any atom is 0.418 e. The summed E-state index contributed by atoms with van der Waals surface area (Å²) >= 11 is 5.34. The zero-order valence-corrected chi connectivity index (χ0v) is 16.8. The molecule has 0 atom stereocenters. The molecule has 0 radical (unpaired) electrons. The molecule has 2 heterocycles. The van der Waals surface area contributed by atoms with E-state index >= 15 is 0 Å². The quantitative estimate of drug-likeness (QED) is 0.601. The first-order valence-corrected chi connectivity index (χ1v) is 9.42. The molecule has 0 aliphatic carbocycles. The largest absolute Gasteiger partial charge is 0.465 e. The Labute approximate surface area is 180 Å². The maximum absolute atomic E-state index is 13.2. The molecule has 31 heavy (non-hydrogen) atoms. The fourth-order valence-corrected chi connectivity index (χ4v) is 3.39. The Bertz CT molecular complexity index is 1040. The molecule has 2 aromatic rings. The van der Waals surface area contributed by atoms with Gasteiger partial charge in [0, 0.05) is 30.3 Å². The van der Waals surface area contributed by atoms with Crippen LogP contribution in [0.2, 0.25) is 0 Å². The van der Waals surface area contributed by atoms with Gasteiger partial charge in [-0.1, -0.05) is 30.4 Å². The van der Waals surface area contributed by atoms with Crippen molar-refractivity contribution in [3.8, 4) is 0 Å². The third-order valence-corrected chi connectivity index (χ3v) is 4.81. The summed E-state index contributed by atoms with van der Waals surface area (Å²) in [5.74, 6) is -0.560. The Morgan fingerprint density at radius 2 is 1.90 bits per heavy atom. The molecule has 3 rings (SSSR count). The Balaban J connectivity index is 1.91. The highest BCUT2D eigenvalue weighted by Crippen LogP contribution is 2.31. The van der Waals surface area contributed by atoms with Gasteiger partial charge in [0.1, 0.15) is 4.99 Å². The number of carbonyl (C=O) groups excluding carboxylic acids is 1. The number of alkyl halides is 3. The number of ketones is 1. The molecule has 0 saturated heterocycles. The topological polar surface area (TPSA) is 94.6 Å². The van der Waals surface area contributed by atoms with Crippen LogP contribution in [0.5, 0.6) is 0 Å². The van der Waals surface area contributed by atoms with Crippen molar-refractivity contribution in [1.82, 2.24) is 15.2 Å². The first kappa shape index (κ1) is 22.2. The van der Waals surface area contributed by atoms with Crippen molar-refractivity contribution in [2.24, 2.45) is 0 Å². The van der Waals surface area contributed by atoms with Crippen molar-refractivity contribution in [2.45, 2.75) is 12.7 Å². The molecule has 1 aromatic carbocycles. The number of pyridine rings is 1. The van der Waals surface area contributed by atoms with E-state index in [0.717, 1.165) is 4.90 Å². The van der Waals surface area contributed by atoms with Gasteiger partial charge in [-0.2, -0.15) is 13.2 Å². The van der Waals surface area contributed by atoms with Crippen molar-refractivity contribution in [1.29, 1.82) is 0 Å². The van der Waals surface area contributed by atoms with Crippen LogP contribution < -0.4 is 10.6 Å². The Morgan fingerprint density at radius 3 is 2.55 bits per heavy atom. The first-order chi connectivity index (χ1) is 14.7. The number of nitrogens with zero attached hydrogens (tertiary/aromatic N) is 2. The van der Waals surface area contributed by atoms with Crippen LogP contribution in [-0.2, 0) is 17.5 Å². The van der Waals surface area contributed by atoms with Gasteiger partial charge in [0.05, 0.1) is 24.2 Å². The molecular weight excluding hydrogens is 433 g/mol. The Kier molecular flexibility index (Phi) is 6.54. The highest BCUT2D eigenvalue weighted by atomic mass is 32.1. The average Bonchev–Trinajstić information content (AvgIpc) is 2.72. The van der Waals surface area contributed by atoms with E-state index in [0.29, 0.717) is 11.9 Å². The van der Waals surface area contributed by atoms with Gasteiger partial charge in [-0.25, -0.2) is 4.79 Å². The maximum atomic E-state index is 13.2. The second-order valence-corrected chi connectivity index (χ2v) is 7.03. The predicted molar refractivity (Wildman–Crippen MR) is 110 cm³/mol. The van der Waals surface area contributed by atoms with Crippen molar-refractivity contribution in [3.63, 3.8) is 0 Å². The number of thiocarbonyl (C=S) groups is 1. The second-order valence-electron chi connectivity index (χ2n) is 6.62. The lowest BCUT2D eigenvalue weighted by atomic mass is 10.0. The predicted octanol–water partition coefficient (Wildman–Crippen LogP) is 3.45. The molecule has 3 N–H and O–H groups in total. The fraction of sp³-hybridized carbons (Fsp3) is 0.200. The normalized spacial score (nSPS) is 14.4. The van der Waals surface area contributed by atoms with Crippen LogP contribution in [0.25, 0.3) is 0 Å². The molecule has 1 aliphatic rings. The molecule has 0 bridgehead atoms. The molecule has 0 fully saturated rings. The minimum absolute atomic E-state index is 0.0407. The number of rotatable bonds is 5. The molecule has 162 valence electrons. The van der Waals surface area contributed by atoms with Gasteiger partial charge in [0.15, 0.2) is 5.78 Å². The Hall–Kier alpha value is -3.47. The monoisotopic (exact) mass is 450 g/mol. The van der Waals surface area contributed by atoms with Crippen LogP contribution in [0.4, 0.5) is 23.7 Å². The van der Waals surface area contributed by atoms with Crippen molar-refractivity contribution < 1.29 is 27.9 Å². The minimum atomic E-state index is -4.61. The van der Waals surface area contributed by atoms with Crippen LogP contribution in [0.1, 0.15) is 11.1 Å². The molecule has 0 saturated carbocycles. The lowest BCUT2D eigenvalue weighted by Crippen LogP contribution is -2.46. The molecule has 1 aromatic heterocycles. The highest BCUT2D eigenvalue weighted by molar-refractivity contribution is 7.81. The standard InChI is InChI=1S/C20H17F3N4O3S/c21-20(22,23)14-9-24-7-6-12(14)8-25-15-10-27(19(29)30)11-16(28)17(15)18(31)26-13-4-2-1-3-5-13/h1-7,9,25H,8,10-11H2,(H,26,31)(H,29,30). The SMILES string of the molecule is O=C1CN(C(=O)O)CC(NCc2ccncc2C(F)(F)F)=C1C(=S)Nc1ccccc1. The van der Waals surface area contributed by atoms with E-state index < -0.39 is 30.2 Å². The van der Waals surface area contributed by atoms with Crippen molar-refractivity contribution in [3.05, 3.63) is 71.2 Å². The van der Waals surface area contributed by atoms with Gasteiger partial charge in [0.25, 0.3) is 0 Å². The van der Waals surface area contributed by atoms with E-state index in [2.05, 4.69) is 15.6 Å². The average molecular weight is 450 g/mol. The summed E-state index contributed by atoms with van der Waals surface area (Å²) < 4.78 is 39.7. The summed E-state index contributed by atoms with van der Waals surface area (Å²) in [5, 5.41) is 15.0. The lowest BCUT2D eigenvalue weighted by molar-refractivity contribution is -0.138. The third-order valence-electron chi connectivity index (χ3n) is 4.50. The summed E-state index contributed by atoms with van der Waals surface area (Å²) in [7, 11) is 0. The van der Waals surface area contributed by atoms with Crippen molar-refractivity contribution >= 4 is 34.8 Å². The summed E-state index contributed by atoms with van der Waals surface area (Å²) in [6.07, 6.45) is -4.00. The van der Waals surface area contributed by atoms with Gasteiger partial charge in [-0.3, -0.25) is 14.7 Å². The minimum Gasteiger partial charge on any atom is -0.465 e. The molecule has 0 unspecified atom stereocenters. The number of hydrogen-bond donors (Lipinski definition) is 3. The molecule has 11 heteroatoms. The molecule has 1 amide bonds. The van der Waals surface area contributed by atoms with Gasteiger partial charge in [-0.05, 0) is 23.8 Å². The number of Topliss-reactive ketones (excluding diaryl/α,β-unsaturated/α-hetero) is 1. The van der Waals surface area contributed by atoms with Gasteiger partial charge in [0.2, 0.25) is 0 Å².